The maximum Gasteiger partial charge on any atom is 0.255 e. The number of imidazole rings is 1. The Bertz CT molecular complexity index is 3170. The minimum Gasteiger partial charge on any atom is -0.457 e. The Morgan fingerprint density at radius 1 is 0.517 bits per heavy atom. The molecule has 0 atom stereocenters. The van der Waals surface area contributed by atoms with Crippen LogP contribution >= 0.6 is 0 Å². The van der Waals surface area contributed by atoms with Crippen molar-refractivity contribution < 1.29 is 9.30 Å². The van der Waals surface area contributed by atoms with E-state index in [9.17, 15) is 0 Å². The van der Waals surface area contributed by atoms with Gasteiger partial charge in [-0.3, -0.25) is 4.57 Å². The standard InChI is InChI=1S/C52H46N5O/c1-51(2,3)35-29-30-53-48(31-35)57-47-33-39(27-28-41(47)49-50(57)40-21-10-12-23-43(40)56(49)36-17-8-7-9-18-36)58-38-20-16-19-37(32-38)54-34-55(46-26-15-14-25-45(46)54)44-24-13-11-22-42(44)52(4,5)6/h7-34H,1-6H3/q+1. The van der Waals surface area contributed by atoms with Crippen molar-refractivity contribution in [3.63, 3.8) is 0 Å². The number of hydrogen-bond acceptors (Lipinski definition) is 2. The Morgan fingerprint density at radius 3 is 2.00 bits per heavy atom. The first kappa shape index (κ1) is 35.5. The Labute approximate surface area is 338 Å². The lowest BCUT2D eigenvalue weighted by Gasteiger charge is -2.20. The zero-order valence-corrected chi connectivity index (χ0v) is 33.8. The van der Waals surface area contributed by atoms with E-state index in [0.717, 1.165) is 72.6 Å². The number of nitrogens with zero attached hydrogens (tertiary/aromatic N) is 5. The number of para-hydroxylation sites is 5. The molecule has 0 aliphatic rings. The van der Waals surface area contributed by atoms with Crippen molar-refractivity contribution in [1.29, 1.82) is 0 Å². The maximum atomic E-state index is 6.80. The van der Waals surface area contributed by atoms with Gasteiger partial charge in [-0.15, -0.1) is 0 Å². The van der Waals surface area contributed by atoms with Crippen LogP contribution in [0, 0.1) is 0 Å². The summed E-state index contributed by atoms with van der Waals surface area (Å²) < 4.78 is 16.1. The van der Waals surface area contributed by atoms with E-state index in [0.29, 0.717) is 0 Å². The van der Waals surface area contributed by atoms with E-state index in [1.807, 2.05) is 12.3 Å². The van der Waals surface area contributed by atoms with Crippen LogP contribution in [0.15, 0.2) is 170 Å². The Hall–Kier alpha value is -6.92. The molecule has 0 N–H and O–H groups in total. The molecule has 58 heavy (non-hydrogen) atoms. The number of ether oxygens (including phenoxy) is 1. The molecule has 0 saturated carbocycles. The molecule has 6 nitrogen and oxygen atoms in total. The summed E-state index contributed by atoms with van der Waals surface area (Å²) in [5.74, 6) is 2.38. The molecule has 6 heteroatoms. The van der Waals surface area contributed by atoms with Gasteiger partial charge in [-0.2, -0.15) is 9.13 Å². The predicted molar refractivity (Wildman–Crippen MR) is 238 cm³/mol. The third-order valence-corrected chi connectivity index (χ3v) is 11.3. The third kappa shape index (κ3) is 5.87. The fraction of sp³-hybridized carbons (Fsp3) is 0.154. The molecule has 284 valence electrons. The minimum atomic E-state index is -0.0443. The van der Waals surface area contributed by atoms with Gasteiger partial charge < -0.3 is 9.30 Å². The molecule has 0 radical (unpaired) electrons. The van der Waals surface area contributed by atoms with Crippen molar-refractivity contribution in [2.45, 2.75) is 52.4 Å². The quantitative estimate of drug-likeness (QED) is 0.159. The molecule has 4 aromatic heterocycles. The first-order chi connectivity index (χ1) is 28.0. The first-order valence-corrected chi connectivity index (χ1v) is 20.0. The van der Waals surface area contributed by atoms with Gasteiger partial charge in [0.25, 0.3) is 6.33 Å². The van der Waals surface area contributed by atoms with Gasteiger partial charge in [0.15, 0.2) is 11.0 Å². The second-order valence-corrected chi connectivity index (χ2v) is 17.3. The van der Waals surface area contributed by atoms with Crippen molar-refractivity contribution in [2.24, 2.45) is 0 Å². The largest absolute Gasteiger partial charge is 0.457 e. The van der Waals surface area contributed by atoms with Crippen LogP contribution in [0.3, 0.4) is 0 Å². The highest BCUT2D eigenvalue weighted by Crippen LogP contribution is 2.42. The average molecular weight is 757 g/mol. The summed E-state index contributed by atoms with van der Waals surface area (Å²) in [6.45, 7) is 13.6. The highest BCUT2D eigenvalue weighted by molar-refractivity contribution is 6.20. The van der Waals surface area contributed by atoms with Crippen molar-refractivity contribution in [1.82, 2.24) is 18.7 Å². The zero-order valence-electron chi connectivity index (χ0n) is 33.8. The molecule has 10 rings (SSSR count). The van der Waals surface area contributed by atoms with Crippen molar-refractivity contribution in [3.05, 3.63) is 181 Å². The molecule has 6 aromatic carbocycles. The van der Waals surface area contributed by atoms with E-state index in [2.05, 4.69) is 218 Å². The fourth-order valence-electron chi connectivity index (χ4n) is 8.53. The van der Waals surface area contributed by atoms with E-state index in [1.165, 1.54) is 16.8 Å². The summed E-state index contributed by atoms with van der Waals surface area (Å²) in [5.41, 5.74) is 12.5. The second-order valence-electron chi connectivity index (χ2n) is 17.3. The van der Waals surface area contributed by atoms with E-state index in [4.69, 9.17) is 9.72 Å². The van der Waals surface area contributed by atoms with E-state index < -0.39 is 0 Å². The Balaban J connectivity index is 1.13. The van der Waals surface area contributed by atoms with Crippen LogP contribution in [0.4, 0.5) is 0 Å². The highest BCUT2D eigenvalue weighted by Gasteiger charge is 2.27. The maximum absolute atomic E-state index is 6.80. The van der Waals surface area contributed by atoms with Gasteiger partial charge in [0, 0.05) is 40.4 Å². The molecule has 0 amide bonds. The second kappa shape index (κ2) is 13.3. The van der Waals surface area contributed by atoms with Gasteiger partial charge in [-0.25, -0.2) is 4.98 Å². The molecular formula is C52H46N5O+. The van der Waals surface area contributed by atoms with Crippen LogP contribution in [0.2, 0.25) is 0 Å². The van der Waals surface area contributed by atoms with Crippen molar-refractivity contribution >= 4 is 43.9 Å². The summed E-state index contributed by atoms with van der Waals surface area (Å²) >= 11 is 0. The molecule has 10 aromatic rings. The number of aromatic nitrogens is 5. The lowest BCUT2D eigenvalue weighted by atomic mass is 9.86. The van der Waals surface area contributed by atoms with Gasteiger partial charge in [-0.1, -0.05) is 114 Å². The van der Waals surface area contributed by atoms with Gasteiger partial charge >= 0.3 is 0 Å². The summed E-state index contributed by atoms with van der Waals surface area (Å²) in [6, 6.07) is 55.8. The summed E-state index contributed by atoms with van der Waals surface area (Å²) in [7, 11) is 0. The number of rotatable bonds is 6. The minimum absolute atomic E-state index is 0.0175. The SMILES string of the molecule is CC(C)(C)c1ccnc(-n2c3cc(Oc4cccc(-n5c[n+](-c6ccccc6C(C)(C)C)c6ccccc65)c4)ccc3c3c2c2ccccc2n3-c2ccccc2)c1. The smallest absolute Gasteiger partial charge is 0.255 e. The number of benzene rings is 6. The van der Waals surface area contributed by atoms with Gasteiger partial charge in [0.1, 0.15) is 28.7 Å². The Kier molecular flexibility index (Phi) is 8.17. The predicted octanol–water partition coefficient (Wildman–Crippen LogP) is 12.7. The first-order valence-electron chi connectivity index (χ1n) is 20.0. The fourth-order valence-corrected chi connectivity index (χ4v) is 8.53. The van der Waals surface area contributed by atoms with E-state index in [1.54, 1.807) is 0 Å². The zero-order chi connectivity index (χ0) is 39.8. The summed E-state index contributed by atoms with van der Waals surface area (Å²) in [6.07, 6.45) is 4.13. The molecule has 4 heterocycles. The highest BCUT2D eigenvalue weighted by atomic mass is 16.5. The molecule has 0 fully saturated rings. The van der Waals surface area contributed by atoms with Crippen LogP contribution in [0.5, 0.6) is 11.5 Å². The summed E-state index contributed by atoms with van der Waals surface area (Å²) in [5, 5.41) is 2.29. The van der Waals surface area contributed by atoms with Crippen molar-refractivity contribution in [2.75, 3.05) is 0 Å². The van der Waals surface area contributed by atoms with E-state index in [-0.39, 0.29) is 10.8 Å². The number of fused-ring (bicyclic) bond motifs is 6. The lowest BCUT2D eigenvalue weighted by Crippen LogP contribution is -2.33. The molecule has 0 bridgehead atoms. The van der Waals surface area contributed by atoms with Crippen LogP contribution < -0.4 is 9.30 Å². The van der Waals surface area contributed by atoms with Gasteiger partial charge in [0.05, 0.1) is 22.1 Å². The molecule has 0 aliphatic carbocycles. The molecule has 0 unspecified atom stereocenters. The Morgan fingerprint density at radius 2 is 1.19 bits per heavy atom. The van der Waals surface area contributed by atoms with E-state index >= 15 is 0 Å². The average Bonchev–Trinajstić information content (AvgIpc) is 3.88. The molecule has 0 spiro atoms. The number of hydrogen-bond donors (Lipinski definition) is 0. The van der Waals surface area contributed by atoms with Crippen molar-refractivity contribution in [3.8, 4) is 34.4 Å². The molecular weight excluding hydrogens is 711 g/mol. The van der Waals surface area contributed by atoms with Crippen LogP contribution in [-0.2, 0) is 10.8 Å². The molecule has 0 aliphatic heterocycles. The van der Waals surface area contributed by atoms with Crippen LogP contribution in [-0.4, -0.2) is 18.7 Å². The number of pyridine rings is 1. The summed E-state index contributed by atoms with van der Waals surface area (Å²) in [4.78, 5) is 5.02. The normalized spacial score (nSPS) is 12.3. The van der Waals surface area contributed by atoms with Gasteiger partial charge in [-0.05, 0) is 89.2 Å². The topological polar surface area (TPSA) is 40.8 Å². The van der Waals surface area contributed by atoms with Crippen LogP contribution in [0.1, 0.15) is 52.7 Å². The monoisotopic (exact) mass is 756 g/mol. The van der Waals surface area contributed by atoms with Crippen LogP contribution in [0.25, 0.3) is 66.8 Å². The van der Waals surface area contributed by atoms with Gasteiger partial charge in [0.2, 0.25) is 0 Å². The third-order valence-electron chi connectivity index (χ3n) is 11.3. The molecule has 0 saturated heterocycles. The lowest BCUT2D eigenvalue weighted by molar-refractivity contribution is -0.568.